The predicted molar refractivity (Wildman–Crippen MR) is 47.8 cm³/mol. The topological polar surface area (TPSA) is 46.2 Å². The summed E-state index contributed by atoms with van der Waals surface area (Å²) >= 11 is 0. The lowest BCUT2D eigenvalue weighted by Crippen LogP contribution is -2.26. The molecule has 0 spiro atoms. The zero-order chi connectivity index (χ0) is 8.27. The van der Waals surface area contributed by atoms with Gasteiger partial charge >= 0.3 is 6.92 Å². The fourth-order valence-electron chi connectivity index (χ4n) is 0.980. The first-order valence-corrected chi connectivity index (χ1v) is 3.71. The molecule has 0 fully saturated rings. The number of hydrogen-bond donors (Lipinski definition) is 2. The van der Waals surface area contributed by atoms with Gasteiger partial charge in [0.05, 0.1) is 0 Å². The number of benzene rings is 1. The molecular formula is C8H12BNO. The minimum absolute atomic E-state index is 0.401. The Kier molecular flexibility index (Phi) is 2.68. The highest BCUT2D eigenvalue weighted by molar-refractivity contribution is 6.64. The average molecular weight is 149 g/mol. The van der Waals surface area contributed by atoms with Gasteiger partial charge in [0, 0.05) is 6.54 Å². The molecule has 0 saturated heterocycles. The molecule has 0 bridgehead atoms. The van der Waals surface area contributed by atoms with Crippen molar-refractivity contribution in [1.82, 2.24) is 0 Å². The van der Waals surface area contributed by atoms with Gasteiger partial charge in [0.25, 0.3) is 0 Å². The molecule has 0 aliphatic carbocycles. The van der Waals surface area contributed by atoms with Crippen LogP contribution in [-0.2, 0) is 6.54 Å². The van der Waals surface area contributed by atoms with Crippen LogP contribution in [0.1, 0.15) is 5.56 Å². The second-order valence-electron chi connectivity index (χ2n) is 2.63. The van der Waals surface area contributed by atoms with Crippen LogP contribution in [0.25, 0.3) is 0 Å². The Morgan fingerprint density at radius 2 is 2.27 bits per heavy atom. The van der Waals surface area contributed by atoms with E-state index in [0.29, 0.717) is 6.54 Å². The molecule has 1 aromatic rings. The lowest BCUT2D eigenvalue weighted by Gasteiger charge is -2.02. The molecule has 0 aliphatic heterocycles. The highest BCUT2D eigenvalue weighted by atomic mass is 16.2. The van der Waals surface area contributed by atoms with Gasteiger partial charge in [-0.05, 0) is 11.0 Å². The minimum Gasteiger partial charge on any atom is -0.447 e. The second-order valence-corrected chi connectivity index (χ2v) is 2.63. The largest absolute Gasteiger partial charge is 0.447 e. The number of rotatable bonds is 2. The maximum absolute atomic E-state index is 9.20. The molecule has 0 aliphatic rings. The summed E-state index contributed by atoms with van der Waals surface area (Å²) in [5.41, 5.74) is 7.42. The van der Waals surface area contributed by atoms with Crippen LogP contribution in [0.3, 0.4) is 0 Å². The number of nitrogens with two attached hydrogens (primary N) is 1. The molecule has 0 saturated carbocycles. The van der Waals surface area contributed by atoms with Crippen LogP contribution in [0.15, 0.2) is 24.3 Å². The highest BCUT2D eigenvalue weighted by Crippen LogP contribution is 1.95. The van der Waals surface area contributed by atoms with Crippen molar-refractivity contribution >= 4 is 12.4 Å². The lowest BCUT2D eigenvalue weighted by molar-refractivity contribution is 0.594. The monoisotopic (exact) mass is 149 g/mol. The van der Waals surface area contributed by atoms with Crippen LogP contribution in [0.4, 0.5) is 0 Å². The van der Waals surface area contributed by atoms with Gasteiger partial charge in [0.15, 0.2) is 0 Å². The molecule has 0 amide bonds. The summed E-state index contributed by atoms with van der Waals surface area (Å²) in [7, 11) is 0. The van der Waals surface area contributed by atoms with E-state index in [4.69, 9.17) is 5.73 Å². The van der Waals surface area contributed by atoms with Gasteiger partial charge in [0.1, 0.15) is 0 Å². The van der Waals surface area contributed by atoms with Crippen LogP contribution >= 0.6 is 0 Å². The van der Waals surface area contributed by atoms with Crippen LogP contribution in [0.5, 0.6) is 0 Å². The summed E-state index contributed by atoms with van der Waals surface area (Å²) in [5.74, 6) is 0. The minimum atomic E-state index is -0.401. The third kappa shape index (κ3) is 2.07. The Balaban J connectivity index is 2.91. The van der Waals surface area contributed by atoms with Gasteiger partial charge in [-0.25, -0.2) is 0 Å². The lowest BCUT2D eigenvalue weighted by atomic mass is 9.64. The van der Waals surface area contributed by atoms with E-state index in [-0.39, 0.29) is 0 Å². The first kappa shape index (κ1) is 8.30. The first-order valence-electron chi connectivity index (χ1n) is 3.71. The summed E-state index contributed by atoms with van der Waals surface area (Å²) in [6, 6.07) is 7.67. The summed E-state index contributed by atoms with van der Waals surface area (Å²) in [6.07, 6.45) is 0. The SMILES string of the molecule is CB(O)c1cccc(CN)c1. The van der Waals surface area contributed by atoms with Crippen molar-refractivity contribution in [1.29, 1.82) is 0 Å². The molecular weight excluding hydrogens is 137 g/mol. The van der Waals surface area contributed by atoms with Gasteiger partial charge in [-0.1, -0.05) is 31.1 Å². The first-order chi connectivity index (χ1) is 5.24. The van der Waals surface area contributed by atoms with E-state index in [1.165, 1.54) is 0 Å². The van der Waals surface area contributed by atoms with E-state index in [9.17, 15) is 5.02 Å². The van der Waals surface area contributed by atoms with Crippen molar-refractivity contribution in [2.24, 2.45) is 5.73 Å². The summed E-state index contributed by atoms with van der Waals surface area (Å²) < 4.78 is 0. The van der Waals surface area contributed by atoms with Crippen LogP contribution in [-0.4, -0.2) is 11.9 Å². The van der Waals surface area contributed by atoms with E-state index >= 15 is 0 Å². The van der Waals surface area contributed by atoms with Crippen molar-refractivity contribution < 1.29 is 5.02 Å². The molecule has 3 N–H and O–H groups in total. The molecule has 0 atom stereocenters. The Bertz CT molecular complexity index is 237. The van der Waals surface area contributed by atoms with Crippen LogP contribution in [0, 0.1) is 0 Å². The van der Waals surface area contributed by atoms with E-state index in [1.807, 2.05) is 24.3 Å². The van der Waals surface area contributed by atoms with E-state index in [0.717, 1.165) is 11.0 Å². The Labute approximate surface area is 67.2 Å². The average Bonchev–Trinajstić information content (AvgIpc) is 2.05. The van der Waals surface area contributed by atoms with Gasteiger partial charge in [0.2, 0.25) is 0 Å². The Morgan fingerprint density at radius 1 is 1.55 bits per heavy atom. The quantitative estimate of drug-likeness (QED) is 0.579. The molecule has 0 aromatic heterocycles. The second kappa shape index (κ2) is 3.55. The summed E-state index contributed by atoms with van der Waals surface area (Å²) in [6.45, 7) is 1.87. The Morgan fingerprint density at radius 3 is 2.82 bits per heavy atom. The molecule has 1 aromatic carbocycles. The van der Waals surface area contributed by atoms with Crippen molar-refractivity contribution in [3.8, 4) is 0 Å². The molecule has 11 heavy (non-hydrogen) atoms. The molecule has 0 unspecified atom stereocenters. The van der Waals surface area contributed by atoms with Crippen molar-refractivity contribution in [3.05, 3.63) is 29.8 Å². The fourth-order valence-corrected chi connectivity index (χ4v) is 0.980. The number of hydrogen-bond acceptors (Lipinski definition) is 2. The normalized spacial score (nSPS) is 9.73. The smallest absolute Gasteiger partial charge is 0.320 e. The van der Waals surface area contributed by atoms with E-state index < -0.39 is 6.92 Å². The Hall–Kier alpha value is -0.795. The molecule has 58 valence electrons. The molecule has 0 radical (unpaired) electrons. The molecule has 1 rings (SSSR count). The van der Waals surface area contributed by atoms with Gasteiger partial charge in [-0.15, -0.1) is 0 Å². The standard InChI is InChI=1S/C8H12BNO/c1-9(11)8-4-2-3-7(5-8)6-10/h2-5,11H,6,10H2,1H3. The molecule has 0 heterocycles. The third-order valence-electron chi connectivity index (χ3n) is 1.67. The highest BCUT2D eigenvalue weighted by Gasteiger charge is 2.05. The predicted octanol–water partition coefficient (Wildman–Crippen LogP) is -0.0341. The summed E-state index contributed by atoms with van der Waals surface area (Å²) in [5, 5.41) is 9.20. The molecule has 2 nitrogen and oxygen atoms in total. The van der Waals surface area contributed by atoms with Crippen molar-refractivity contribution in [2.45, 2.75) is 13.4 Å². The van der Waals surface area contributed by atoms with Gasteiger partial charge in [-0.2, -0.15) is 0 Å². The molecule has 3 heteroatoms. The fraction of sp³-hybridized carbons (Fsp3) is 0.250. The van der Waals surface area contributed by atoms with Crippen molar-refractivity contribution in [3.63, 3.8) is 0 Å². The van der Waals surface area contributed by atoms with Crippen molar-refractivity contribution in [2.75, 3.05) is 0 Å². The van der Waals surface area contributed by atoms with Gasteiger partial charge in [-0.3, -0.25) is 0 Å². The zero-order valence-electron chi connectivity index (χ0n) is 6.62. The maximum atomic E-state index is 9.20. The zero-order valence-corrected chi connectivity index (χ0v) is 6.62. The van der Waals surface area contributed by atoms with E-state index in [1.54, 1.807) is 6.82 Å². The maximum Gasteiger partial charge on any atom is 0.320 e. The van der Waals surface area contributed by atoms with Gasteiger partial charge < -0.3 is 10.8 Å². The van der Waals surface area contributed by atoms with E-state index in [2.05, 4.69) is 0 Å². The van der Waals surface area contributed by atoms with Crippen LogP contribution < -0.4 is 11.2 Å². The third-order valence-corrected chi connectivity index (χ3v) is 1.67. The van der Waals surface area contributed by atoms with Crippen LogP contribution in [0.2, 0.25) is 6.82 Å². The summed E-state index contributed by atoms with van der Waals surface area (Å²) in [4.78, 5) is 0.